The molecule has 2 aromatic rings. The minimum absolute atomic E-state index is 0.0310. The van der Waals surface area contributed by atoms with Crippen molar-refractivity contribution in [2.75, 3.05) is 5.73 Å². The summed E-state index contributed by atoms with van der Waals surface area (Å²) in [4.78, 5) is 17.5. The van der Waals surface area contributed by atoms with Gasteiger partial charge in [-0.25, -0.2) is 4.98 Å². The molecular formula is C10H6Cl2N4O3. The number of ether oxygens (including phenoxy) is 1. The molecule has 19 heavy (non-hydrogen) atoms. The summed E-state index contributed by atoms with van der Waals surface area (Å²) in [5, 5.41) is 11.0. The van der Waals surface area contributed by atoms with E-state index in [0.717, 1.165) is 6.07 Å². The van der Waals surface area contributed by atoms with Gasteiger partial charge in [0.2, 0.25) is 11.8 Å². The summed E-state index contributed by atoms with van der Waals surface area (Å²) < 4.78 is 5.31. The summed E-state index contributed by atoms with van der Waals surface area (Å²) in [6.07, 6.45) is 1.25. The van der Waals surface area contributed by atoms with Crippen LogP contribution < -0.4 is 10.5 Å². The van der Waals surface area contributed by atoms with Gasteiger partial charge in [0.25, 0.3) is 5.69 Å². The lowest BCUT2D eigenvalue weighted by molar-refractivity contribution is -0.384. The lowest BCUT2D eigenvalue weighted by atomic mass is 10.3. The van der Waals surface area contributed by atoms with Crippen LogP contribution in [-0.4, -0.2) is 14.9 Å². The zero-order valence-electron chi connectivity index (χ0n) is 9.21. The highest BCUT2D eigenvalue weighted by atomic mass is 35.5. The van der Waals surface area contributed by atoms with E-state index in [1.54, 1.807) is 0 Å². The second kappa shape index (κ2) is 5.25. The molecular weight excluding hydrogens is 295 g/mol. The normalized spacial score (nSPS) is 10.2. The molecule has 0 spiro atoms. The Balaban J connectivity index is 2.40. The lowest BCUT2D eigenvalue weighted by Gasteiger charge is -2.07. The van der Waals surface area contributed by atoms with E-state index >= 15 is 0 Å². The van der Waals surface area contributed by atoms with Gasteiger partial charge in [-0.2, -0.15) is 4.98 Å². The van der Waals surface area contributed by atoms with E-state index in [2.05, 4.69) is 9.97 Å². The van der Waals surface area contributed by atoms with Gasteiger partial charge in [-0.3, -0.25) is 10.1 Å². The van der Waals surface area contributed by atoms with Gasteiger partial charge in [0.05, 0.1) is 22.2 Å². The lowest BCUT2D eigenvalue weighted by Crippen LogP contribution is -1.98. The topological polar surface area (TPSA) is 104 Å². The summed E-state index contributed by atoms with van der Waals surface area (Å²) in [6.45, 7) is 0. The fourth-order valence-corrected chi connectivity index (χ4v) is 1.51. The molecule has 2 N–H and O–H groups in total. The third-order valence-corrected chi connectivity index (χ3v) is 2.63. The Labute approximate surface area is 117 Å². The molecule has 0 saturated heterocycles. The molecule has 0 aliphatic heterocycles. The van der Waals surface area contributed by atoms with Crippen molar-refractivity contribution in [3.8, 4) is 11.6 Å². The zero-order chi connectivity index (χ0) is 14.0. The second-order valence-electron chi connectivity index (χ2n) is 3.36. The van der Waals surface area contributed by atoms with E-state index in [-0.39, 0.29) is 33.3 Å². The number of benzene rings is 1. The molecule has 0 unspecified atom stereocenters. The van der Waals surface area contributed by atoms with Crippen LogP contribution in [-0.2, 0) is 0 Å². The number of rotatable bonds is 3. The van der Waals surface area contributed by atoms with E-state index < -0.39 is 4.92 Å². The first kappa shape index (κ1) is 13.3. The number of nitrogens with zero attached hydrogens (tertiary/aromatic N) is 3. The number of anilines is 1. The maximum absolute atomic E-state index is 10.7. The number of non-ortho nitro benzene ring substituents is 1. The van der Waals surface area contributed by atoms with Crippen LogP contribution in [0, 0.1) is 10.1 Å². The highest BCUT2D eigenvalue weighted by molar-refractivity contribution is 6.32. The molecule has 9 heteroatoms. The van der Waals surface area contributed by atoms with Gasteiger partial charge in [0.1, 0.15) is 5.02 Å². The first-order valence-corrected chi connectivity index (χ1v) is 5.63. The summed E-state index contributed by atoms with van der Waals surface area (Å²) in [5.74, 6) is -0.0200. The molecule has 7 nitrogen and oxygen atoms in total. The molecule has 0 radical (unpaired) electrons. The Bertz CT molecular complexity index is 651. The van der Waals surface area contributed by atoms with Crippen LogP contribution in [0.2, 0.25) is 10.0 Å². The maximum atomic E-state index is 10.7. The average molecular weight is 301 g/mol. The van der Waals surface area contributed by atoms with E-state index in [9.17, 15) is 10.1 Å². The van der Waals surface area contributed by atoms with Crippen LogP contribution in [0.15, 0.2) is 24.4 Å². The van der Waals surface area contributed by atoms with E-state index in [0.29, 0.717) is 0 Å². The molecule has 0 atom stereocenters. The minimum Gasteiger partial charge on any atom is -0.436 e. The summed E-state index contributed by atoms with van der Waals surface area (Å²) in [7, 11) is 0. The Morgan fingerprint density at radius 3 is 2.74 bits per heavy atom. The fraction of sp³-hybridized carbons (Fsp3) is 0. The summed E-state index contributed by atoms with van der Waals surface area (Å²) >= 11 is 11.7. The van der Waals surface area contributed by atoms with Gasteiger partial charge in [0.15, 0.2) is 5.75 Å². The van der Waals surface area contributed by atoms with Crippen LogP contribution in [0.25, 0.3) is 0 Å². The monoisotopic (exact) mass is 300 g/mol. The molecule has 1 heterocycles. The molecule has 2 rings (SSSR count). The number of nitro benzene ring substituents is 1. The first-order valence-electron chi connectivity index (χ1n) is 4.87. The predicted octanol–water partition coefficient (Wildman–Crippen LogP) is 3.07. The highest BCUT2D eigenvalue weighted by Crippen LogP contribution is 2.34. The number of hydrogen-bond acceptors (Lipinski definition) is 6. The maximum Gasteiger partial charge on any atom is 0.273 e. The SMILES string of the molecule is Nc1ncc(Cl)c(Oc2cc([N+](=O)[O-])ccc2Cl)n1. The van der Waals surface area contributed by atoms with Gasteiger partial charge in [-0.05, 0) is 6.07 Å². The van der Waals surface area contributed by atoms with Gasteiger partial charge in [-0.15, -0.1) is 0 Å². The molecule has 1 aromatic heterocycles. The van der Waals surface area contributed by atoms with Gasteiger partial charge in [-0.1, -0.05) is 23.2 Å². The van der Waals surface area contributed by atoms with Crippen molar-refractivity contribution in [3.63, 3.8) is 0 Å². The van der Waals surface area contributed by atoms with Gasteiger partial charge in [0, 0.05) is 6.07 Å². The number of halogens is 2. The van der Waals surface area contributed by atoms with Crippen molar-refractivity contribution in [1.82, 2.24) is 9.97 Å². The number of nitrogen functional groups attached to an aromatic ring is 1. The van der Waals surface area contributed by atoms with Gasteiger partial charge < -0.3 is 10.5 Å². The third-order valence-electron chi connectivity index (χ3n) is 2.06. The first-order chi connectivity index (χ1) is 8.97. The fourth-order valence-electron chi connectivity index (χ4n) is 1.22. The standard InChI is InChI=1S/C10H6Cl2N4O3/c11-6-2-1-5(16(17)18)3-8(6)19-9-7(12)4-14-10(13)15-9/h1-4H,(H2,13,14,15). The van der Waals surface area contributed by atoms with Crippen LogP contribution >= 0.6 is 23.2 Å². The molecule has 0 aliphatic carbocycles. The van der Waals surface area contributed by atoms with Crippen molar-refractivity contribution in [2.24, 2.45) is 0 Å². The van der Waals surface area contributed by atoms with Gasteiger partial charge >= 0.3 is 0 Å². The quantitative estimate of drug-likeness (QED) is 0.690. The smallest absolute Gasteiger partial charge is 0.273 e. The number of nitrogens with two attached hydrogens (primary N) is 1. The second-order valence-corrected chi connectivity index (χ2v) is 4.17. The Morgan fingerprint density at radius 1 is 1.32 bits per heavy atom. The highest BCUT2D eigenvalue weighted by Gasteiger charge is 2.14. The average Bonchev–Trinajstić information content (AvgIpc) is 2.36. The van der Waals surface area contributed by atoms with Crippen molar-refractivity contribution in [3.05, 3.63) is 44.6 Å². The van der Waals surface area contributed by atoms with E-state index in [1.165, 1.54) is 18.3 Å². The largest absolute Gasteiger partial charge is 0.436 e. The molecule has 0 bridgehead atoms. The summed E-state index contributed by atoms with van der Waals surface area (Å²) in [5.41, 5.74) is 5.23. The Kier molecular flexibility index (Phi) is 3.68. The van der Waals surface area contributed by atoms with Crippen molar-refractivity contribution < 1.29 is 9.66 Å². The van der Waals surface area contributed by atoms with E-state index in [1.807, 2.05) is 0 Å². The Hall–Kier alpha value is -2.12. The van der Waals surface area contributed by atoms with Crippen LogP contribution in [0.1, 0.15) is 0 Å². The molecule has 0 amide bonds. The van der Waals surface area contributed by atoms with Crippen molar-refractivity contribution in [1.29, 1.82) is 0 Å². The van der Waals surface area contributed by atoms with Crippen LogP contribution in [0.5, 0.6) is 11.6 Å². The molecule has 0 fully saturated rings. The predicted molar refractivity (Wildman–Crippen MR) is 69.6 cm³/mol. The molecule has 1 aromatic carbocycles. The van der Waals surface area contributed by atoms with Crippen LogP contribution in [0.4, 0.5) is 11.6 Å². The number of hydrogen-bond donors (Lipinski definition) is 1. The summed E-state index contributed by atoms with van der Waals surface area (Å²) in [6, 6.07) is 3.76. The number of nitro groups is 1. The van der Waals surface area contributed by atoms with Crippen molar-refractivity contribution in [2.45, 2.75) is 0 Å². The molecule has 0 aliphatic rings. The third kappa shape index (κ3) is 3.01. The molecule has 98 valence electrons. The zero-order valence-corrected chi connectivity index (χ0v) is 10.7. The minimum atomic E-state index is -0.570. The van der Waals surface area contributed by atoms with Crippen molar-refractivity contribution >= 4 is 34.8 Å². The molecule has 0 saturated carbocycles. The Morgan fingerprint density at radius 2 is 2.05 bits per heavy atom. The number of aromatic nitrogens is 2. The van der Waals surface area contributed by atoms with Crippen LogP contribution in [0.3, 0.4) is 0 Å². The van der Waals surface area contributed by atoms with E-state index in [4.69, 9.17) is 33.7 Å².